The molecule has 0 bridgehead atoms. The number of nitrogens with two attached hydrogens (primary N) is 1. The molecule has 0 amide bonds. The van der Waals surface area contributed by atoms with E-state index in [1.807, 2.05) is 13.0 Å². The van der Waals surface area contributed by atoms with Crippen LogP contribution in [0.15, 0.2) is 29.1 Å². The Morgan fingerprint density at radius 2 is 2.28 bits per heavy atom. The van der Waals surface area contributed by atoms with Crippen LogP contribution >= 0.6 is 23.6 Å². The zero-order chi connectivity index (χ0) is 13.1. The highest BCUT2D eigenvalue weighted by Gasteiger charge is 2.13. The molecule has 0 saturated carbocycles. The van der Waals surface area contributed by atoms with Crippen LogP contribution < -0.4 is 11.1 Å². The zero-order valence-corrected chi connectivity index (χ0v) is 11.9. The van der Waals surface area contributed by atoms with Gasteiger partial charge >= 0.3 is 0 Å². The largest absolute Gasteiger partial charge is 0.389 e. The molecule has 0 aromatic carbocycles. The van der Waals surface area contributed by atoms with E-state index in [0.717, 1.165) is 16.9 Å². The molecule has 0 spiro atoms. The summed E-state index contributed by atoms with van der Waals surface area (Å²) in [5.74, 6) is 0.751. The lowest BCUT2D eigenvalue weighted by Gasteiger charge is -2.17. The minimum absolute atomic E-state index is 0.179. The Labute approximate surface area is 116 Å². The second kappa shape index (κ2) is 5.46. The summed E-state index contributed by atoms with van der Waals surface area (Å²) in [6.45, 7) is 4.08. The van der Waals surface area contributed by atoms with Gasteiger partial charge in [-0.05, 0) is 47.9 Å². The van der Waals surface area contributed by atoms with Gasteiger partial charge in [-0.3, -0.25) is 0 Å². The predicted octanol–water partition coefficient (Wildman–Crippen LogP) is 3.26. The Hall–Kier alpha value is -1.46. The van der Waals surface area contributed by atoms with Gasteiger partial charge in [0.05, 0.1) is 11.6 Å². The van der Waals surface area contributed by atoms with E-state index in [2.05, 4.69) is 34.1 Å². The third-order valence-electron chi connectivity index (χ3n) is 2.80. The molecule has 0 aliphatic rings. The third kappa shape index (κ3) is 2.68. The SMILES string of the molecule is Cc1ccnc(NC(C)c2ccsc2)c1C(N)=S. The first-order valence-corrected chi connectivity index (χ1v) is 6.98. The van der Waals surface area contributed by atoms with Gasteiger partial charge in [-0.1, -0.05) is 12.2 Å². The van der Waals surface area contributed by atoms with Gasteiger partial charge in [-0.15, -0.1) is 0 Å². The molecule has 18 heavy (non-hydrogen) atoms. The highest BCUT2D eigenvalue weighted by atomic mass is 32.1. The molecule has 3 nitrogen and oxygen atoms in total. The van der Waals surface area contributed by atoms with Gasteiger partial charge in [0.25, 0.3) is 0 Å². The van der Waals surface area contributed by atoms with Crippen LogP contribution in [0.5, 0.6) is 0 Å². The first-order valence-electron chi connectivity index (χ1n) is 5.63. The summed E-state index contributed by atoms with van der Waals surface area (Å²) in [4.78, 5) is 4.71. The summed E-state index contributed by atoms with van der Waals surface area (Å²) < 4.78 is 0. The lowest BCUT2D eigenvalue weighted by Crippen LogP contribution is -2.17. The number of hydrogen-bond donors (Lipinski definition) is 2. The molecule has 0 aliphatic heterocycles. The number of anilines is 1. The molecule has 2 rings (SSSR count). The van der Waals surface area contributed by atoms with Crippen molar-refractivity contribution in [3.63, 3.8) is 0 Å². The van der Waals surface area contributed by atoms with Crippen LogP contribution in [-0.4, -0.2) is 9.97 Å². The molecule has 2 aromatic heterocycles. The number of thiophene rings is 1. The van der Waals surface area contributed by atoms with Crippen LogP contribution in [0.1, 0.15) is 29.7 Å². The summed E-state index contributed by atoms with van der Waals surface area (Å²) in [6.07, 6.45) is 1.76. The minimum Gasteiger partial charge on any atom is -0.389 e. The van der Waals surface area contributed by atoms with Crippen LogP contribution in [0.4, 0.5) is 5.82 Å². The number of rotatable bonds is 4. The second-order valence-electron chi connectivity index (χ2n) is 4.14. The van der Waals surface area contributed by atoms with Crippen LogP contribution in [0.2, 0.25) is 0 Å². The van der Waals surface area contributed by atoms with Gasteiger partial charge in [0, 0.05) is 6.20 Å². The summed E-state index contributed by atoms with van der Waals surface area (Å²) in [6, 6.07) is 4.19. The molecule has 0 fully saturated rings. The van der Waals surface area contributed by atoms with Crippen molar-refractivity contribution in [2.45, 2.75) is 19.9 Å². The molecule has 3 N–H and O–H groups in total. The van der Waals surface area contributed by atoms with Gasteiger partial charge in [-0.25, -0.2) is 4.98 Å². The first kappa shape index (κ1) is 13.0. The molecule has 94 valence electrons. The molecule has 2 heterocycles. The van der Waals surface area contributed by atoms with Crippen molar-refractivity contribution < 1.29 is 0 Å². The van der Waals surface area contributed by atoms with Crippen molar-refractivity contribution in [1.82, 2.24) is 4.98 Å². The summed E-state index contributed by atoms with van der Waals surface area (Å²) in [5, 5.41) is 7.54. The summed E-state index contributed by atoms with van der Waals surface area (Å²) in [7, 11) is 0. The quantitative estimate of drug-likeness (QED) is 0.842. The Kier molecular flexibility index (Phi) is 3.93. The lowest BCUT2D eigenvalue weighted by molar-refractivity contribution is 0.878. The Balaban J connectivity index is 2.29. The third-order valence-corrected chi connectivity index (χ3v) is 3.71. The molecule has 2 aromatic rings. The molecule has 5 heteroatoms. The maximum absolute atomic E-state index is 5.76. The molecule has 0 aliphatic carbocycles. The van der Waals surface area contributed by atoms with Gasteiger partial charge < -0.3 is 11.1 Å². The normalized spacial score (nSPS) is 12.1. The summed E-state index contributed by atoms with van der Waals surface area (Å²) in [5.41, 5.74) is 8.86. The molecule has 1 unspecified atom stereocenters. The maximum atomic E-state index is 5.76. The minimum atomic E-state index is 0.179. The van der Waals surface area contributed by atoms with E-state index in [1.54, 1.807) is 17.5 Å². The van der Waals surface area contributed by atoms with Gasteiger partial charge in [0.1, 0.15) is 10.8 Å². The summed E-state index contributed by atoms with van der Waals surface area (Å²) >= 11 is 6.77. The predicted molar refractivity (Wildman–Crippen MR) is 81.2 cm³/mol. The number of thiocarbonyl (C=S) groups is 1. The van der Waals surface area contributed by atoms with E-state index < -0.39 is 0 Å². The topological polar surface area (TPSA) is 50.9 Å². The van der Waals surface area contributed by atoms with Crippen LogP contribution in [0, 0.1) is 6.92 Å². The zero-order valence-electron chi connectivity index (χ0n) is 10.3. The van der Waals surface area contributed by atoms with E-state index >= 15 is 0 Å². The number of aromatic nitrogens is 1. The van der Waals surface area contributed by atoms with E-state index in [1.165, 1.54) is 5.56 Å². The second-order valence-corrected chi connectivity index (χ2v) is 5.36. The fourth-order valence-corrected chi connectivity index (χ4v) is 2.80. The van der Waals surface area contributed by atoms with E-state index in [9.17, 15) is 0 Å². The van der Waals surface area contributed by atoms with Crippen molar-refractivity contribution in [2.24, 2.45) is 5.73 Å². The van der Waals surface area contributed by atoms with Crippen molar-refractivity contribution in [3.05, 3.63) is 45.8 Å². The standard InChI is InChI=1S/C13H15N3S2/c1-8-3-5-15-13(11(8)12(14)17)16-9(2)10-4-6-18-7-10/h3-7,9H,1-2H3,(H2,14,17)(H,15,16). The van der Waals surface area contributed by atoms with Crippen LogP contribution in [-0.2, 0) is 0 Å². The number of aryl methyl sites for hydroxylation is 1. The number of hydrogen-bond acceptors (Lipinski definition) is 4. The maximum Gasteiger partial charge on any atom is 0.136 e. The van der Waals surface area contributed by atoms with E-state index in [4.69, 9.17) is 18.0 Å². The Morgan fingerprint density at radius 1 is 1.50 bits per heavy atom. The van der Waals surface area contributed by atoms with Crippen molar-refractivity contribution >= 4 is 34.4 Å². The molecular weight excluding hydrogens is 262 g/mol. The monoisotopic (exact) mass is 277 g/mol. The lowest BCUT2D eigenvalue weighted by atomic mass is 10.1. The van der Waals surface area contributed by atoms with Crippen LogP contribution in [0.25, 0.3) is 0 Å². The molecular formula is C13H15N3S2. The Morgan fingerprint density at radius 3 is 2.89 bits per heavy atom. The van der Waals surface area contributed by atoms with E-state index in [-0.39, 0.29) is 6.04 Å². The fourth-order valence-electron chi connectivity index (χ4n) is 1.79. The van der Waals surface area contributed by atoms with Gasteiger partial charge in [-0.2, -0.15) is 11.3 Å². The van der Waals surface area contributed by atoms with Crippen molar-refractivity contribution in [3.8, 4) is 0 Å². The highest BCUT2D eigenvalue weighted by Crippen LogP contribution is 2.23. The molecule has 0 saturated heterocycles. The Bertz CT molecular complexity index is 549. The van der Waals surface area contributed by atoms with Gasteiger partial charge in [0.2, 0.25) is 0 Å². The van der Waals surface area contributed by atoms with Crippen molar-refractivity contribution in [2.75, 3.05) is 5.32 Å². The van der Waals surface area contributed by atoms with Gasteiger partial charge in [0.15, 0.2) is 0 Å². The van der Waals surface area contributed by atoms with Crippen LogP contribution in [0.3, 0.4) is 0 Å². The number of nitrogens with zero attached hydrogens (tertiary/aromatic N) is 1. The molecule has 0 radical (unpaired) electrons. The van der Waals surface area contributed by atoms with E-state index in [0.29, 0.717) is 4.99 Å². The smallest absolute Gasteiger partial charge is 0.136 e. The number of pyridine rings is 1. The van der Waals surface area contributed by atoms with Crippen molar-refractivity contribution in [1.29, 1.82) is 0 Å². The fraction of sp³-hybridized carbons (Fsp3) is 0.231. The highest BCUT2D eigenvalue weighted by molar-refractivity contribution is 7.80. The average Bonchev–Trinajstić information content (AvgIpc) is 2.81. The molecule has 1 atom stereocenters. The number of nitrogens with one attached hydrogen (secondary N) is 1. The first-order chi connectivity index (χ1) is 8.59. The average molecular weight is 277 g/mol.